The summed E-state index contributed by atoms with van der Waals surface area (Å²) in [5.41, 5.74) is 3.24. The van der Waals surface area contributed by atoms with Crippen LogP contribution in [0.5, 0.6) is 0 Å². The topological polar surface area (TPSA) is 12.0 Å². The first-order chi connectivity index (χ1) is 8.54. The summed E-state index contributed by atoms with van der Waals surface area (Å²) >= 11 is 15.6. The van der Waals surface area contributed by atoms with Crippen LogP contribution in [0, 0.1) is 6.92 Å². The molecule has 0 amide bonds. The van der Waals surface area contributed by atoms with Crippen molar-refractivity contribution < 1.29 is 0 Å². The van der Waals surface area contributed by atoms with Crippen molar-refractivity contribution in [2.24, 2.45) is 0 Å². The Labute approximate surface area is 125 Å². The normalized spacial score (nSPS) is 10.4. The molecule has 2 aromatic carbocycles. The second kappa shape index (κ2) is 5.96. The van der Waals surface area contributed by atoms with Crippen molar-refractivity contribution in [1.82, 2.24) is 0 Å². The standard InChI is InChI=1S/C14H12BrCl2N/c1-9-4-11(15)7-13(5-9)18-8-10-6-12(16)2-3-14(10)17/h2-7,18H,8H2,1H3. The lowest BCUT2D eigenvalue weighted by molar-refractivity contribution is 1.15. The molecule has 1 nitrogen and oxygen atoms in total. The summed E-state index contributed by atoms with van der Waals surface area (Å²) in [6.07, 6.45) is 0. The number of rotatable bonds is 3. The van der Waals surface area contributed by atoms with E-state index in [1.165, 1.54) is 5.56 Å². The van der Waals surface area contributed by atoms with Gasteiger partial charge in [0.05, 0.1) is 0 Å². The van der Waals surface area contributed by atoms with Crippen LogP contribution in [0.1, 0.15) is 11.1 Å². The summed E-state index contributed by atoms with van der Waals surface area (Å²) in [6, 6.07) is 11.7. The van der Waals surface area contributed by atoms with Crippen LogP contribution < -0.4 is 5.32 Å². The van der Waals surface area contributed by atoms with E-state index in [1.807, 2.05) is 18.2 Å². The third-order valence-electron chi connectivity index (χ3n) is 2.53. The van der Waals surface area contributed by atoms with Gasteiger partial charge in [-0.15, -0.1) is 0 Å². The Morgan fingerprint density at radius 2 is 1.89 bits per heavy atom. The van der Waals surface area contributed by atoms with Crippen LogP contribution in [-0.4, -0.2) is 0 Å². The number of aryl methyl sites for hydroxylation is 1. The van der Waals surface area contributed by atoms with E-state index in [0.29, 0.717) is 11.6 Å². The molecular weight excluding hydrogens is 333 g/mol. The van der Waals surface area contributed by atoms with Gasteiger partial charge in [-0.25, -0.2) is 0 Å². The van der Waals surface area contributed by atoms with Crippen molar-refractivity contribution in [3.05, 3.63) is 62.0 Å². The van der Waals surface area contributed by atoms with E-state index in [9.17, 15) is 0 Å². The Balaban J connectivity index is 2.13. The fourth-order valence-corrected chi connectivity index (χ4v) is 2.70. The molecule has 0 saturated carbocycles. The molecule has 0 aliphatic heterocycles. The largest absolute Gasteiger partial charge is 0.381 e. The third-order valence-corrected chi connectivity index (χ3v) is 3.59. The lowest BCUT2D eigenvalue weighted by Gasteiger charge is -2.10. The van der Waals surface area contributed by atoms with E-state index >= 15 is 0 Å². The Hall–Kier alpha value is -0.700. The minimum Gasteiger partial charge on any atom is -0.381 e. The number of nitrogens with one attached hydrogen (secondary N) is 1. The van der Waals surface area contributed by atoms with Gasteiger partial charge in [0.15, 0.2) is 0 Å². The fraction of sp³-hybridized carbons (Fsp3) is 0.143. The minimum atomic E-state index is 0.648. The summed E-state index contributed by atoms with van der Waals surface area (Å²) in [5.74, 6) is 0. The second-order valence-electron chi connectivity index (χ2n) is 4.11. The Morgan fingerprint density at radius 3 is 2.61 bits per heavy atom. The number of hydrogen-bond donors (Lipinski definition) is 1. The molecule has 0 bridgehead atoms. The van der Waals surface area contributed by atoms with Gasteiger partial charge in [-0.1, -0.05) is 39.1 Å². The van der Waals surface area contributed by atoms with Crippen LogP contribution in [0.15, 0.2) is 40.9 Å². The highest BCUT2D eigenvalue weighted by Crippen LogP contribution is 2.23. The van der Waals surface area contributed by atoms with Crippen LogP contribution >= 0.6 is 39.1 Å². The van der Waals surface area contributed by atoms with Crippen molar-refractivity contribution in [3.63, 3.8) is 0 Å². The summed E-state index contributed by atoms with van der Waals surface area (Å²) < 4.78 is 1.06. The molecule has 94 valence electrons. The van der Waals surface area contributed by atoms with Crippen molar-refractivity contribution >= 4 is 44.8 Å². The molecule has 2 aromatic rings. The van der Waals surface area contributed by atoms with E-state index in [2.05, 4.69) is 40.3 Å². The molecule has 0 fully saturated rings. The van der Waals surface area contributed by atoms with Crippen LogP contribution in [0.4, 0.5) is 5.69 Å². The monoisotopic (exact) mass is 343 g/mol. The van der Waals surface area contributed by atoms with Crippen molar-refractivity contribution in [2.45, 2.75) is 13.5 Å². The van der Waals surface area contributed by atoms with E-state index in [0.717, 1.165) is 20.7 Å². The van der Waals surface area contributed by atoms with Gasteiger partial charge in [0.25, 0.3) is 0 Å². The SMILES string of the molecule is Cc1cc(Br)cc(NCc2cc(Cl)ccc2Cl)c1. The highest BCUT2D eigenvalue weighted by molar-refractivity contribution is 9.10. The minimum absolute atomic E-state index is 0.648. The maximum Gasteiger partial charge on any atom is 0.0456 e. The number of halogens is 3. The maximum absolute atomic E-state index is 6.12. The molecule has 18 heavy (non-hydrogen) atoms. The molecule has 4 heteroatoms. The average molecular weight is 345 g/mol. The first kappa shape index (κ1) is 13.7. The van der Waals surface area contributed by atoms with E-state index in [-0.39, 0.29) is 0 Å². The molecular formula is C14H12BrCl2N. The van der Waals surface area contributed by atoms with Crippen molar-refractivity contribution in [2.75, 3.05) is 5.32 Å². The Morgan fingerprint density at radius 1 is 1.11 bits per heavy atom. The van der Waals surface area contributed by atoms with Crippen molar-refractivity contribution in [1.29, 1.82) is 0 Å². The predicted octanol–water partition coefficient (Wildman–Crippen LogP) is 5.68. The predicted molar refractivity (Wildman–Crippen MR) is 82.7 cm³/mol. The van der Waals surface area contributed by atoms with Crippen molar-refractivity contribution in [3.8, 4) is 0 Å². The quantitative estimate of drug-likeness (QED) is 0.755. The average Bonchev–Trinajstić information content (AvgIpc) is 2.29. The zero-order valence-electron chi connectivity index (χ0n) is 9.81. The van der Waals surface area contributed by atoms with E-state index < -0.39 is 0 Å². The van der Waals surface area contributed by atoms with Gasteiger partial charge in [0.1, 0.15) is 0 Å². The zero-order valence-corrected chi connectivity index (χ0v) is 12.9. The molecule has 1 N–H and O–H groups in total. The first-order valence-electron chi connectivity index (χ1n) is 5.49. The van der Waals surface area contributed by atoms with Gasteiger partial charge < -0.3 is 5.32 Å². The van der Waals surface area contributed by atoms with Crippen LogP contribution in [-0.2, 0) is 6.54 Å². The fourth-order valence-electron chi connectivity index (χ4n) is 1.71. The highest BCUT2D eigenvalue weighted by Gasteiger charge is 2.02. The van der Waals surface area contributed by atoms with Gasteiger partial charge in [-0.05, 0) is 54.4 Å². The van der Waals surface area contributed by atoms with Crippen LogP contribution in [0.2, 0.25) is 10.0 Å². The Bertz CT molecular complexity index is 549. The lowest BCUT2D eigenvalue weighted by atomic mass is 10.2. The zero-order chi connectivity index (χ0) is 13.1. The van der Waals surface area contributed by atoms with Gasteiger partial charge in [-0.3, -0.25) is 0 Å². The molecule has 0 aliphatic carbocycles. The molecule has 0 radical (unpaired) electrons. The maximum atomic E-state index is 6.12. The summed E-state index contributed by atoms with van der Waals surface area (Å²) in [6.45, 7) is 2.71. The molecule has 0 spiro atoms. The summed E-state index contributed by atoms with van der Waals surface area (Å²) in [4.78, 5) is 0. The first-order valence-corrected chi connectivity index (χ1v) is 7.04. The molecule has 0 heterocycles. The molecule has 0 aliphatic rings. The summed E-state index contributed by atoms with van der Waals surface area (Å²) in [5, 5.41) is 4.75. The van der Waals surface area contributed by atoms with E-state index in [4.69, 9.17) is 23.2 Å². The van der Waals surface area contributed by atoms with Gasteiger partial charge in [0, 0.05) is 26.8 Å². The summed E-state index contributed by atoms with van der Waals surface area (Å²) in [7, 11) is 0. The van der Waals surface area contributed by atoms with Crippen LogP contribution in [0.25, 0.3) is 0 Å². The molecule has 0 unspecified atom stereocenters. The number of hydrogen-bond acceptors (Lipinski definition) is 1. The highest BCUT2D eigenvalue weighted by atomic mass is 79.9. The smallest absolute Gasteiger partial charge is 0.0456 e. The van der Waals surface area contributed by atoms with Gasteiger partial charge >= 0.3 is 0 Å². The number of benzene rings is 2. The lowest BCUT2D eigenvalue weighted by Crippen LogP contribution is -2.00. The molecule has 0 saturated heterocycles. The van der Waals surface area contributed by atoms with Gasteiger partial charge in [0.2, 0.25) is 0 Å². The third kappa shape index (κ3) is 3.64. The second-order valence-corrected chi connectivity index (χ2v) is 5.87. The molecule has 0 atom stereocenters. The Kier molecular flexibility index (Phi) is 4.55. The van der Waals surface area contributed by atoms with Gasteiger partial charge in [-0.2, -0.15) is 0 Å². The molecule has 2 rings (SSSR count). The van der Waals surface area contributed by atoms with E-state index in [1.54, 1.807) is 6.07 Å². The van der Waals surface area contributed by atoms with Crippen LogP contribution in [0.3, 0.4) is 0 Å². The number of anilines is 1. The molecule has 0 aromatic heterocycles.